The number of nitrogens with zero attached hydrogens (tertiary/aromatic N) is 2. The van der Waals surface area contributed by atoms with Gasteiger partial charge in [-0.05, 0) is 19.4 Å². The molecule has 1 aliphatic heterocycles. The van der Waals surface area contributed by atoms with Gasteiger partial charge in [-0.3, -0.25) is 0 Å². The van der Waals surface area contributed by atoms with Crippen LogP contribution in [0.5, 0.6) is 5.75 Å². The quantitative estimate of drug-likeness (QED) is 0.895. The van der Waals surface area contributed by atoms with Crippen molar-refractivity contribution in [2.24, 2.45) is 0 Å². The Morgan fingerprint density at radius 1 is 1.32 bits per heavy atom. The summed E-state index contributed by atoms with van der Waals surface area (Å²) in [4.78, 5) is 9.11. The van der Waals surface area contributed by atoms with Crippen molar-refractivity contribution in [1.82, 2.24) is 9.97 Å². The van der Waals surface area contributed by atoms with Crippen molar-refractivity contribution < 1.29 is 4.74 Å². The van der Waals surface area contributed by atoms with Gasteiger partial charge in [0, 0.05) is 16.8 Å². The van der Waals surface area contributed by atoms with Gasteiger partial charge in [0.05, 0.1) is 5.92 Å². The molecule has 0 saturated heterocycles. The molecule has 4 nitrogen and oxygen atoms in total. The zero-order valence-corrected chi connectivity index (χ0v) is 11.2. The maximum atomic E-state index is 5.99. The maximum absolute atomic E-state index is 5.99. The van der Waals surface area contributed by atoms with Crippen LogP contribution in [0, 0.1) is 6.92 Å². The van der Waals surface area contributed by atoms with E-state index >= 15 is 0 Å². The van der Waals surface area contributed by atoms with E-state index in [4.69, 9.17) is 10.5 Å². The molecule has 1 atom stereocenters. The summed E-state index contributed by atoms with van der Waals surface area (Å²) in [5.74, 6) is 2.36. The molecule has 19 heavy (non-hydrogen) atoms. The predicted octanol–water partition coefficient (Wildman–Crippen LogP) is 2.45. The van der Waals surface area contributed by atoms with Gasteiger partial charge in [0.15, 0.2) is 0 Å². The van der Waals surface area contributed by atoms with E-state index in [0.29, 0.717) is 12.4 Å². The van der Waals surface area contributed by atoms with E-state index in [2.05, 4.69) is 23.0 Å². The fourth-order valence-corrected chi connectivity index (χ4v) is 2.48. The number of ether oxygens (including phenoxy) is 1. The molecule has 1 unspecified atom stereocenters. The number of anilines is 1. The van der Waals surface area contributed by atoms with Gasteiger partial charge in [0.2, 0.25) is 0 Å². The van der Waals surface area contributed by atoms with Crippen LogP contribution in [-0.2, 0) is 6.42 Å². The minimum absolute atomic E-state index is 0.0874. The Kier molecular flexibility index (Phi) is 2.85. The Morgan fingerprint density at radius 3 is 2.89 bits per heavy atom. The molecule has 1 aliphatic rings. The van der Waals surface area contributed by atoms with Crippen LogP contribution in [0.3, 0.4) is 0 Å². The Bertz CT molecular complexity index is 625. The maximum Gasteiger partial charge on any atom is 0.142 e. The summed E-state index contributed by atoms with van der Waals surface area (Å²) in [5.41, 5.74) is 9.14. The Labute approximate surface area is 112 Å². The van der Waals surface area contributed by atoms with Crippen LogP contribution in [0.4, 0.5) is 5.82 Å². The number of aromatic nitrogens is 2. The van der Waals surface area contributed by atoms with Gasteiger partial charge in [-0.15, -0.1) is 0 Å². The molecule has 0 fully saturated rings. The number of nitrogen functional groups attached to an aromatic ring is 1. The van der Waals surface area contributed by atoms with E-state index in [0.717, 1.165) is 34.8 Å². The monoisotopic (exact) mass is 255 g/mol. The first-order valence-electron chi connectivity index (χ1n) is 6.55. The van der Waals surface area contributed by atoms with Crippen LogP contribution < -0.4 is 10.5 Å². The first-order chi connectivity index (χ1) is 9.20. The highest BCUT2D eigenvalue weighted by molar-refractivity contribution is 5.46. The second-order valence-electron chi connectivity index (χ2n) is 4.79. The second kappa shape index (κ2) is 4.53. The van der Waals surface area contributed by atoms with E-state index in [1.807, 2.05) is 25.1 Å². The van der Waals surface area contributed by atoms with Crippen molar-refractivity contribution in [3.05, 3.63) is 46.9 Å². The standard InChI is InChI=1S/C15H17N3O/c1-3-12-9(2)14(16)18-15(17-12)11-8-19-13-7-5-4-6-10(11)13/h4-7,11H,3,8H2,1-2H3,(H2,16,17,18). The van der Waals surface area contributed by atoms with Crippen LogP contribution >= 0.6 is 0 Å². The molecule has 4 heteroatoms. The molecule has 0 bridgehead atoms. The van der Waals surface area contributed by atoms with E-state index in [9.17, 15) is 0 Å². The zero-order chi connectivity index (χ0) is 13.4. The summed E-state index contributed by atoms with van der Waals surface area (Å²) in [6.45, 7) is 4.64. The largest absolute Gasteiger partial charge is 0.492 e. The molecule has 3 rings (SSSR count). The highest BCUT2D eigenvalue weighted by atomic mass is 16.5. The molecule has 0 amide bonds. The van der Waals surface area contributed by atoms with E-state index in [1.54, 1.807) is 0 Å². The summed E-state index contributed by atoms with van der Waals surface area (Å²) in [6.07, 6.45) is 0.862. The summed E-state index contributed by atoms with van der Waals surface area (Å²) in [5, 5.41) is 0. The third-order valence-electron chi connectivity index (χ3n) is 3.65. The van der Waals surface area contributed by atoms with Gasteiger partial charge in [-0.25, -0.2) is 9.97 Å². The number of hydrogen-bond acceptors (Lipinski definition) is 4. The number of benzene rings is 1. The van der Waals surface area contributed by atoms with Crippen molar-refractivity contribution in [2.45, 2.75) is 26.2 Å². The molecule has 2 N–H and O–H groups in total. The fourth-order valence-electron chi connectivity index (χ4n) is 2.48. The summed E-state index contributed by atoms with van der Waals surface area (Å²) >= 11 is 0. The van der Waals surface area contributed by atoms with Crippen LogP contribution in [0.25, 0.3) is 0 Å². The molecule has 0 saturated carbocycles. The SMILES string of the molecule is CCc1nc(C2COc3ccccc32)nc(N)c1C. The van der Waals surface area contributed by atoms with Gasteiger partial charge in [-0.2, -0.15) is 0 Å². The highest BCUT2D eigenvalue weighted by Gasteiger charge is 2.28. The van der Waals surface area contributed by atoms with Crippen molar-refractivity contribution in [3.8, 4) is 5.75 Å². The average Bonchev–Trinajstić information content (AvgIpc) is 2.85. The summed E-state index contributed by atoms with van der Waals surface area (Å²) < 4.78 is 5.69. The molecule has 1 aromatic heterocycles. The van der Waals surface area contributed by atoms with Crippen molar-refractivity contribution in [2.75, 3.05) is 12.3 Å². The third kappa shape index (κ3) is 1.93. The van der Waals surface area contributed by atoms with Crippen LogP contribution in [0.15, 0.2) is 24.3 Å². The topological polar surface area (TPSA) is 61.0 Å². The molecule has 1 aromatic carbocycles. The molecular weight excluding hydrogens is 238 g/mol. The second-order valence-corrected chi connectivity index (χ2v) is 4.79. The Balaban J connectivity index is 2.07. The fraction of sp³-hybridized carbons (Fsp3) is 0.333. The molecule has 0 spiro atoms. The third-order valence-corrected chi connectivity index (χ3v) is 3.65. The van der Waals surface area contributed by atoms with Crippen LogP contribution in [0.2, 0.25) is 0 Å². The van der Waals surface area contributed by atoms with E-state index in [-0.39, 0.29) is 5.92 Å². The van der Waals surface area contributed by atoms with Crippen molar-refractivity contribution >= 4 is 5.82 Å². The first kappa shape index (κ1) is 12.0. The highest BCUT2D eigenvalue weighted by Crippen LogP contribution is 2.36. The van der Waals surface area contributed by atoms with E-state index < -0.39 is 0 Å². The lowest BCUT2D eigenvalue weighted by atomic mass is 10.00. The van der Waals surface area contributed by atoms with Crippen molar-refractivity contribution in [1.29, 1.82) is 0 Å². The minimum Gasteiger partial charge on any atom is -0.492 e. The lowest BCUT2D eigenvalue weighted by Crippen LogP contribution is -2.12. The van der Waals surface area contributed by atoms with Gasteiger partial charge in [-0.1, -0.05) is 25.1 Å². The zero-order valence-electron chi connectivity index (χ0n) is 11.2. The molecular formula is C15H17N3O. The number of nitrogens with two attached hydrogens (primary N) is 1. The van der Waals surface area contributed by atoms with Gasteiger partial charge < -0.3 is 10.5 Å². The van der Waals surface area contributed by atoms with Crippen LogP contribution in [-0.4, -0.2) is 16.6 Å². The molecule has 98 valence electrons. The van der Waals surface area contributed by atoms with E-state index in [1.165, 1.54) is 0 Å². The predicted molar refractivity (Wildman–Crippen MR) is 74.3 cm³/mol. The number of hydrogen-bond donors (Lipinski definition) is 1. The molecule has 2 aromatic rings. The normalized spacial score (nSPS) is 17.1. The number of rotatable bonds is 2. The Hall–Kier alpha value is -2.10. The minimum atomic E-state index is 0.0874. The smallest absolute Gasteiger partial charge is 0.142 e. The molecule has 0 radical (unpaired) electrons. The lowest BCUT2D eigenvalue weighted by Gasteiger charge is -2.12. The lowest BCUT2D eigenvalue weighted by molar-refractivity contribution is 0.339. The van der Waals surface area contributed by atoms with Gasteiger partial charge in [0.25, 0.3) is 0 Å². The van der Waals surface area contributed by atoms with Crippen molar-refractivity contribution in [3.63, 3.8) is 0 Å². The summed E-state index contributed by atoms with van der Waals surface area (Å²) in [6, 6.07) is 8.04. The van der Waals surface area contributed by atoms with Gasteiger partial charge in [0.1, 0.15) is 24.0 Å². The number of para-hydroxylation sites is 1. The first-order valence-corrected chi connectivity index (χ1v) is 6.55. The average molecular weight is 255 g/mol. The summed E-state index contributed by atoms with van der Waals surface area (Å²) in [7, 11) is 0. The van der Waals surface area contributed by atoms with Gasteiger partial charge >= 0.3 is 0 Å². The Morgan fingerprint density at radius 2 is 2.11 bits per heavy atom. The number of fused-ring (bicyclic) bond motifs is 1. The van der Waals surface area contributed by atoms with Crippen LogP contribution in [0.1, 0.15) is 35.5 Å². The molecule has 0 aliphatic carbocycles. The number of aryl methyl sites for hydroxylation is 1. The molecule has 2 heterocycles.